The van der Waals surface area contributed by atoms with E-state index in [-0.39, 0.29) is 4.90 Å². The van der Waals surface area contributed by atoms with Crippen molar-refractivity contribution >= 4 is 27.3 Å². The highest BCUT2D eigenvalue weighted by Gasteiger charge is 2.21. The van der Waals surface area contributed by atoms with E-state index in [1.165, 1.54) is 5.56 Å². The first-order valence-corrected chi connectivity index (χ1v) is 13.7. The number of ether oxygens (including phenoxy) is 1. The monoisotopic (exact) mass is 518 g/mol. The van der Waals surface area contributed by atoms with Gasteiger partial charge in [0.1, 0.15) is 5.75 Å². The fourth-order valence-electron chi connectivity index (χ4n) is 4.58. The van der Waals surface area contributed by atoms with Gasteiger partial charge >= 0.3 is 0 Å². The van der Waals surface area contributed by atoms with E-state index in [2.05, 4.69) is 10.0 Å². The molecule has 5 nitrogen and oxygen atoms in total. The van der Waals surface area contributed by atoms with Gasteiger partial charge in [-0.25, -0.2) is 8.42 Å². The normalized spacial score (nSPS) is 13.5. The van der Waals surface area contributed by atoms with Crippen LogP contribution in [0.3, 0.4) is 0 Å². The van der Waals surface area contributed by atoms with E-state index in [0.717, 1.165) is 53.7 Å². The first kappa shape index (κ1) is 24.4. The fraction of sp³-hybridized carbons (Fsp3) is 0.172. The molecule has 0 bridgehead atoms. The summed E-state index contributed by atoms with van der Waals surface area (Å²) in [5.41, 5.74) is 6.37. The van der Waals surface area contributed by atoms with E-state index in [0.29, 0.717) is 16.5 Å². The van der Waals surface area contributed by atoms with Crippen LogP contribution < -0.4 is 14.8 Å². The highest BCUT2D eigenvalue weighted by atomic mass is 35.5. The minimum atomic E-state index is -3.88. The van der Waals surface area contributed by atoms with Gasteiger partial charge in [0.15, 0.2) is 0 Å². The predicted molar refractivity (Wildman–Crippen MR) is 146 cm³/mol. The Labute approximate surface area is 217 Å². The second kappa shape index (κ2) is 10.3. The van der Waals surface area contributed by atoms with Gasteiger partial charge in [-0.1, -0.05) is 60.1 Å². The Morgan fingerprint density at radius 3 is 2.17 bits per heavy atom. The van der Waals surface area contributed by atoms with Gasteiger partial charge in [-0.15, -0.1) is 0 Å². The van der Waals surface area contributed by atoms with Gasteiger partial charge in [0.05, 0.1) is 17.7 Å². The lowest BCUT2D eigenvalue weighted by atomic mass is 9.95. The third-order valence-corrected chi connectivity index (χ3v) is 8.06. The minimum absolute atomic E-state index is 0.178. The predicted octanol–water partition coefficient (Wildman–Crippen LogP) is 6.17. The molecular weight excluding hydrogens is 492 g/mol. The SMILES string of the molecule is COc1cc2c(cc1NS(=O)(=O)c1ccc(-c3ccc(Cl)cc3)c(-c3ccccc3)c1)CCNCC2. The van der Waals surface area contributed by atoms with Crippen molar-refractivity contribution in [2.75, 3.05) is 24.9 Å². The topological polar surface area (TPSA) is 67.4 Å². The Hall–Kier alpha value is -3.32. The van der Waals surface area contributed by atoms with Crippen LogP contribution in [0.5, 0.6) is 5.75 Å². The molecule has 0 fully saturated rings. The maximum atomic E-state index is 13.6. The molecule has 5 rings (SSSR count). The van der Waals surface area contributed by atoms with Gasteiger partial charge in [0.25, 0.3) is 10.0 Å². The highest BCUT2D eigenvalue weighted by molar-refractivity contribution is 7.92. The molecular formula is C29H27ClN2O3S. The summed E-state index contributed by atoms with van der Waals surface area (Å²) in [6.45, 7) is 1.75. The lowest BCUT2D eigenvalue weighted by Crippen LogP contribution is -2.16. The van der Waals surface area contributed by atoms with Crippen LogP contribution in [0.25, 0.3) is 22.3 Å². The third-order valence-electron chi connectivity index (χ3n) is 6.45. The van der Waals surface area contributed by atoms with Crippen LogP contribution in [0.15, 0.2) is 89.8 Å². The number of hydrogen-bond acceptors (Lipinski definition) is 4. The summed E-state index contributed by atoms with van der Waals surface area (Å²) >= 11 is 6.09. The lowest BCUT2D eigenvalue weighted by molar-refractivity contribution is 0.416. The average Bonchev–Trinajstić information content (AvgIpc) is 3.13. The Bertz CT molecular complexity index is 1490. The molecule has 0 radical (unpaired) electrons. The minimum Gasteiger partial charge on any atom is -0.495 e. The summed E-state index contributed by atoms with van der Waals surface area (Å²) in [4.78, 5) is 0.178. The number of benzene rings is 4. The summed E-state index contributed by atoms with van der Waals surface area (Å²) < 4.78 is 35.5. The van der Waals surface area contributed by atoms with Gasteiger partial charge in [0.2, 0.25) is 0 Å². The van der Waals surface area contributed by atoms with Gasteiger partial charge < -0.3 is 10.1 Å². The molecule has 0 saturated carbocycles. The Morgan fingerprint density at radius 2 is 1.47 bits per heavy atom. The van der Waals surface area contributed by atoms with Crippen LogP contribution in [0.4, 0.5) is 5.69 Å². The maximum absolute atomic E-state index is 13.6. The fourth-order valence-corrected chi connectivity index (χ4v) is 5.80. The Kier molecular flexibility index (Phi) is 7.01. The Balaban J connectivity index is 1.57. The summed E-state index contributed by atoms with van der Waals surface area (Å²) in [5.74, 6) is 0.514. The highest BCUT2D eigenvalue weighted by Crippen LogP contribution is 2.36. The number of nitrogens with one attached hydrogen (secondary N) is 2. The summed E-state index contributed by atoms with van der Waals surface area (Å²) in [6.07, 6.45) is 1.72. The standard InChI is InChI=1S/C29H27ClN2O3S/c1-35-29-18-23-14-16-31-15-13-22(23)17-28(29)32-36(33,34)25-11-12-26(21-7-9-24(30)10-8-21)27(19-25)20-5-3-2-4-6-20/h2-12,17-19,31-32H,13-16H2,1H3. The zero-order valence-electron chi connectivity index (χ0n) is 19.9. The van der Waals surface area contributed by atoms with Crippen molar-refractivity contribution in [1.82, 2.24) is 5.32 Å². The van der Waals surface area contributed by atoms with Gasteiger partial charge in [-0.2, -0.15) is 0 Å². The molecule has 184 valence electrons. The van der Waals surface area contributed by atoms with E-state index in [9.17, 15) is 8.42 Å². The molecule has 0 atom stereocenters. The second-order valence-electron chi connectivity index (χ2n) is 8.76. The van der Waals surface area contributed by atoms with Crippen molar-refractivity contribution in [3.05, 3.63) is 101 Å². The van der Waals surface area contributed by atoms with Crippen LogP contribution >= 0.6 is 11.6 Å². The molecule has 36 heavy (non-hydrogen) atoms. The van der Waals surface area contributed by atoms with E-state index in [4.69, 9.17) is 16.3 Å². The van der Waals surface area contributed by atoms with Crippen molar-refractivity contribution in [1.29, 1.82) is 0 Å². The zero-order chi connectivity index (χ0) is 25.1. The summed E-state index contributed by atoms with van der Waals surface area (Å²) in [6, 6.07) is 26.4. The quantitative estimate of drug-likeness (QED) is 0.320. The molecule has 0 unspecified atom stereocenters. The van der Waals surface area contributed by atoms with E-state index < -0.39 is 10.0 Å². The summed E-state index contributed by atoms with van der Waals surface area (Å²) in [5, 5.41) is 4.03. The molecule has 0 spiro atoms. The van der Waals surface area contributed by atoms with E-state index in [1.54, 1.807) is 19.2 Å². The Morgan fingerprint density at radius 1 is 0.806 bits per heavy atom. The largest absolute Gasteiger partial charge is 0.495 e. The van der Waals surface area contributed by atoms with Crippen molar-refractivity contribution in [3.63, 3.8) is 0 Å². The van der Waals surface area contributed by atoms with E-state index >= 15 is 0 Å². The second-order valence-corrected chi connectivity index (χ2v) is 10.9. The van der Waals surface area contributed by atoms with E-state index in [1.807, 2.05) is 72.8 Å². The first-order valence-electron chi connectivity index (χ1n) is 11.8. The molecule has 4 aromatic carbocycles. The first-order chi connectivity index (χ1) is 17.4. The number of methoxy groups -OCH3 is 1. The average molecular weight is 519 g/mol. The van der Waals surface area contributed by atoms with Crippen molar-refractivity contribution < 1.29 is 13.2 Å². The molecule has 0 aliphatic carbocycles. The molecule has 1 aliphatic heterocycles. The molecule has 2 N–H and O–H groups in total. The lowest BCUT2D eigenvalue weighted by Gasteiger charge is -2.17. The number of halogens is 1. The molecule has 1 heterocycles. The number of rotatable bonds is 6. The molecule has 0 aromatic heterocycles. The molecule has 7 heteroatoms. The molecule has 4 aromatic rings. The number of sulfonamides is 1. The molecule has 1 aliphatic rings. The van der Waals surface area contributed by atoms with Crippen molar-refractivity contribution in [2.24, 2.45) is 0 Å². The van der Waals surface area contributed by atoms with Gasteiger partial charge in [0, 0.05) is 5.02 Å². The van der Waals surface area contributed by atoms with Gasteiger partial charge in [-0.05, 0) is 95.7 Å². The number of fused-ring (bicyclic) bond motifs is 1. The summed E-state index contributed by atoms with van der Waals surface area (Å²) in [7, 11) is -2.33. The van der Waals surface area contributed by atoms with Crippen LogP contribution in [0.1, 0.15) is 11.1 Å². The van der Waals surface area contributed by atoms with Crippen LogP contribution in [-0.2, 0) is 22.9 Å². The van der Waals surface area contributed by atoms with Crippen LogP contribution in [0.2, 0.25) is 5.02 Å². The zero-order valence-corrected chi connectivity index (χ0v) is 21.5. The van der Waals surface area contributed by atoms with Crippen molar-refractivity contribution in [2.45, 2.75) is 17.7 Å². The smallest absolute Gasteiger partial charge is 0.262 e. The van der Waals surface area contributed by atoms with Crippen molar-refractivity contribution in [3.8, 4) is 28.0 Å². The molecule has 0 saturated heterocycles. The number of hydrogen-bond donors (Lipinski definition) is 2. The van der Waals surface area contributed by atoms with Crippen LogP contribution in [0, 0.1) is 0 Å². The number of anilines is 1. The maximum Gasteiger partial charge on any atom is 0.262 e. The third kappa shape index (κ3) is 5.12. The molecule has 0 amide bonds. The van der Waals surface area contributed by atoms with Gasteiger partial charge in [-0.3, -0.25) is 4.72 Å². The van der Waals surface area contributed by atoms with Crippen LogP contribution in [-0.4, -0.2) is 28.6 Å².